The van der Waals surface area contributed by atoms with Crippen LogP contribution in [0.25, 0.3) is 0 Å². The monoisotopic (exact) mass is 299 g/mol. The van der Waals surface area contributed by atoms with E-state index in [2.05, 4.69) is 27.8 Å². The van der Waals surface area contributed by atoms with Gasteiger partial charge in [0.15, 0.2) is 6.61 Å². The third-order valence-corrected chi connectivity index (χ3v) is 2.49. The maximum absolute atomic E-state index is 11.3. The summed E-state index contributed by atoms with van der Waals surface area (Å²) in [4.78, 5) is 11.3. The minimum Gasteiger partial charge on any atom is -0.483 e. The molecule has 0 bridgehead atoms. The van der Waals surface area contributed by atoms with Crippen LogP contribution in [0.5, 0.6) is 5.75 Å². The Morgan fingerprint density at radius 2 is 2.35 bits per heavy atom. The van der Waals surface area contributed by atoms with Gasteiger partial charge in [0.2, 0.25) is 0 Å². The largest absolute Gasteiger partial charge is 0.483 e. The van der Waals surface area contributed by atoms with Gasteiger partial charge in [0, 0.05) is 16.6 Å². The smallest absolute Gasteiger partial charge is 0.258 e. The minimum absolute atomic E-state index is 0.0809. The molecule has 1 aromatic carbocycles. The Bertz CT molecular complexity index is 407. The minimum atomic E-state index is -0.225. The number of ether oxygens (including phenoxy) is 1. The van der Waals surface area contributed by atoms with Crippen LogP contribution < -0.4 is 10.1 Å². The first kappa shape index (κ1) is 13.7. The van der Waals surface area contributed by atoms with Gasteiger partial charge in [-0.05, 0) is 18.2 Å². The normalized spacial score (nSPS) is 9.76. The fraction of sp³-hybridized carbons (Fsp3) is 0.250. The van der Waals surface area contributed by atoms with E-state index in [0.717, 1.165) is 4.47 Å². The molecule has 5 heteroatoms. The zero-order valence-electron chi connectivity index (χ0n) is 9.28. The van der Waals surface area contributed by atoms with Gasteiger partial charge >= 0.3 is 0 Å². The van der Waals surface area contributed by atoms with E-state index in [9.17, 15) is 4.79 Å². The summed E-state index contributed by atoms with van der Waals surface area (Å²) in [5, 5.41) is 11.7. The van der Waals surface area contributed by atoms with Crippen LogP contribution >= 0.6 is 15.9 Å². The molecule has 0 aliphatic heterocycles. The summed E-state index contributed by atoms with van der Waals surface area (Å²) in [5.74, 6) is 0.279. The lowest BCUT2D eigenvalue weighted by Crippen LogP contribution is -2.28. The molecule has 1 rings (SSSR count). The molecule has 0 spiro atoms. The molecule has 0 heterocycles. The van der Waals surface area contributed by atoms with Gasteiger partial charge in [-0.2, -0.15) is 0 Å². The highest BCUT2D eigenvalue weighted by Crippen LogP contribution is 2.23. The van der Waals surface area contributed by atoms with Crippen LogP contribution in [0.15, 0.2) is 35.3 Å². The molecule has 0 radical (unpaired) electrons. The molecule has 0 atom stereocenters. The van der Waals surface area contributed by atoms with Crippen molar-refractivity contribution in [1.29, 1.82) is 0 Å². The summed E-state index contributed by atoms with van der Waals surface area (Å²) in [7, 11) is 0. The summed E-state index contributed by atoms with van der Waals surface area (Å²) in [6.07, 6.45) is 1.59. The van der Waals surface area contributed by atoms with E-state index in [1.807, 2.05) is 0 Å². The highest BCUT2D eigenvalue weighted by Gasteiger charge is 2.06. The van der Waals surface area contributed by atoms with E-state index in [0.29, 0.717) is 17.9 Å². The average molecular weight is 300 g/mol. The molecular formula is C12H14BrNO3. The zero-order chi connectivity index (χ0) is 12.7. The topological polar surface area (TPSA) is 58.6 Å². The molecule has 0 fully saturated rings. The van der Waals surface area contributed by atoms with E-state index in [1.165, 1.54) is 0 Å². The van der Waals surface area contributed by atoms with Crippen molar-refractivity contribution in [3.05, 3.63) is 40.9 Å². The van der Waals surface area contributed by atoms with Gasteiger partial charge in [-0.1, -0.05) is 22.0 Å². The Morgan fingerprint density at radius 3 is 3.00 bits per heavy atom. The average Bonchev–Trinajstić information content (AvgIpc) is 2.34. The number of aliphatic hydroxyl groups is 1. The molecular weight excluding hydrogens is 286 g/mol. The van der Waals surface area contributed by atoms with Gasteiger partial charge in [0.1, 0.15) is 5.75 Å². The summed E-state index contributed by atoms with van der Waals surface area (Å²) >= 11 is 3.29. The van der Waals surface area contributed by atoms with E-state index in [1.54, 1.807) is 24.3 Å². The lowest BCUT2D eigenvalue weighted by Gasteiger charge is -2.10. The zero-order valence-corrected chi connectivity index (χ0v) is 10.9. The van der Waals surface area contributed by atoms with E-state index in [4.69, 9.17) is 9.84 Å². The Hall–Kier alpha value is -1.33. The summed E-state index contributed by atoms with van der Waals surface area (Å²) in [6.45, 7) is 3.69. The molecule has 0 aromatic heterocycles. The van der Waals surface area contributed by atoms with Crippen molar-refractivity contribution in [2.24, 2.45) is 0 Å². The van der Waals surface area contributed by atoms with Crippen LogP contribution in [0.1, 0.15) is 5.56 Å². The second-order valence-electron chi connectivity index (χ2n) is 3.29. The Labute approximate surface area is 108 Å². The molecule has 0 aliphatic rings. The van der Waals surface area contributed by atoms with Crippen molar-refractivity contribution in [2.45, 2.75) is 6.61 Å². The number of hydrogen-bond acceptors (Lipinski definition) is 3. The number of carbonyl (C=O) groups is 1. The van der Waals surface area contributed by atoms with Crippen molar-refractivity contribution in [3.63, 3.8) is 0 Å². The van der Waals surface area contributed by atoms with Crippen LogP contribution in [0.4, 0.5) is 0 Å². The third kappa shape index (κ3) is 4.58. The molecule has 1 amide bonds. The molecule has 0 saturated carbocycles. The van der Waals surface area contributed by atoms with Crippen LogP contribution in [-0.4, -0.2) is 24.2 Å². The molecule has 4 nitrogen and oxygen atoms in total. The standard InChI is InChI=1S/C12H14BrNO3/c1-2-5-14-12(16)8-17-11-4-3-10(13)6-9(11)7-15/h2-4,6,15H,1,5,7-8H2,(H,14,16). The SMILES string of the molecule is C=CCNC(=O)COc1ccc(Br)cc1CO. The van der Waals surface area contributed by atoms with E-state index >= 15 is 0 Å². The van der Waals surface area contributed by atoms with Gasteiger partial charge in [-0.25, -0.2) is 0 Å². The number of benzene rings is 1. The van der Waals surface area contributed by atoms with Crippen molar-refractivity contribution in [1.82, 2.24) is 5.32 Å². The van der Waals surface area contributed by atoms with Crippen LogP contribution in [0.2, 0.25) is 0 Å². The molecule has 92 valence electrons. The van der Waals surface area contributed by atoms with E-state index in [-0.39, 0.29) is 19.1 Å². The highest BCUT2D eigenvalue weighted by atomic mass is 79.9. The molecule has 1 aromatic rings. The second-order valence-corrected chi connectivity index (χ2v) is 4.21. The van der Waals surface area contributed by atoms with Gasteiger partial charge in [0.05, 0.1) is 6.61 Å². The molecule has 2 N–H and O–H groups in total. The number of amides is 1. The van der Waals surface area contributed by atoms with E-state index < -0.39 is 0 Å². The number of carbonyl (C=O) groups excluding carboxylic acids is 1. The second kappa shape index (κ2) is 7.09. The van der Waals surface area contributed by atoms with Crippen molar-refractivity contribution < 1.29 is 14.6 Å². The first-order chi connectivity index (χ1) is 8.17. The summed E-state index contributed by atoms with van der Waals surface area (Å²) in [6, 6.07) is 5.24. The maximum Gasteiger partial charge on any atom is 0.258 e. The fourth-order valence-corrected chi connectivity index (χ4v) is 1.60. The molecule has 0 unspecified atom stereocenters. The number of nitrogens with one attached hydrogen (secondary N) is 1. The lowest BCUT2D eigenvalue weighted by molar-refractivity contribution is -0.122. The molecule has 0 aliphatic carbocycles. The Morgan fingerprint density at radius 1 is 1.59 bits per heavy atom. The van der Waals surface area contributed by atoms with Crippen molar-refractivity contribution in [3.8, 4) is 5.75 Å². The van der Waals surface area contributed by atoms with Crippen LogP contribution in [-0.2, 0) is 11.4 Å². The fourth-order valence-electron chi connectivity index (χ4n) is 1.19. The van der Waals surface area contributed by atoms with Crippen molar-refractivity contribution >= 4 is 21.8 Å². The lowest BCUT2D eigenvalue weighted by atomic mass is 10.2. The number of aliphatic hydroxyl groups excluding tert-OH is 1. The van der Waals surface area contributed by atoms with Crippen LogP contribution in [0.3, 0.4) is 0 Å². The summed E-state index contributed by atoms with van der Waals surface area (Å²) < 4.78 is 6.17. The van der Waals surface area contributed by atoms with Gasteiger partial charge in [0.25, 0.3) is 5.91 Å². The highest BCUT2D eigenvalue weighted by molar-refractivity contribution is 9.10. The Kier molecular flexibility index (Phi) is 5.72. The van der Waals surface area contributed by atoms with Crippen LogP contribution in [0, 0.1) is 0 Å². The third-order valence-electron chi connectivity index (χ3n) is 2.00. The first-order valence-corrected chi connectivity index (χ1v) is 5.86. The maximum atomic E-state index is 11.3. The van der Waals surface area contributed by atoms with Gasteiger partial charge in [-0.3, -0.25) is 4.79 Å². The quantitative estimate of drug-likeness (QED) is 0.785. The first-order valence-electron chi connectivity index (χ1n) is 5.07. The Balaban J connectivity index is 2.56. The molecule has 0 saturated heterocycles. The molecule has 17 heavy (non-hydrogen) atoms. The summed E-state index contributed by atoms with van der Waals surface area (Å²) in [5.41, 5.74) is 0.635. The predicted octanol–water partition coefficient (Wildman–Crippen LogP) is 1.62. The number of rotatable bonds is 6. The number of halogens is 1. The van der Waals surface area contributed by atoms with Gasteiger partial charge in [-0.15, -0.1) is 6.58 Å². The van der Waals surface area contributed by atoms with Crippen molar-refractivity contribution in [2.75, 3.05) is 13.2 Å². The number of hydrogen-bond donors (Lipinski definition) is 2. The predicted molar refractivity (Wildman–Crippen MR) is 68.8 cm³/mol. The van der Waals surface area contributed by atoms with Gasteiger partial charge < -0.3 is 15.2 Å².